The van der Waals surface area contributed by atoms with Crippen molar-refractivity contribution in [1.82, 2.24) is 0 Å². The summed E-state index contributed by atoms with van der Waals surface area (Å²) in [6.45, 7) is 5.51. The Labute approximate surface area is 116 Å². The van der Waals surface area contributed by atoms with Gasteiger partial charge in [0.25, 0.3) is 0 Å². The minimum absolute atomic E-state index is 0.201. The predicted octanol–water partition coefficient (Wildman–Crippen LogP) is 2.22. The zero-order valence-corrected chi connectivity index (χ0v) is 12.2. The quantitative estimate of drug-likeness (QED) is 0.392. The molecule has 1 N–H and O–H groups in total. The highest BCUT2D eigenvalue weighted by Gasteiger charge is 2.00. The summed E-state index contributed by atoms with van der Waals surface area (Å²) < 4.78 is 15.9. The van der Waals surface area contributed by atoms with Gasteiger partial charge in [0.05, 0.1) is 45.0 Å². The molecule has 0 bridgehead atoms. The molecule has 5 heteroatoms. The van der Waals surface area contributed by atoms with Crippen molar-refractivity contribution in [3.8, 4) is 0 Å². The van der Waals surface area contributed by atoms with Crippen LogP contribution in [0.5, 0.6) is 0 Å². The largest absolute Gasteiger partial charge is 0.389 e. The molecule has 0 rings (SSSR count). The lowest BCUT2D eigenvalue weighted by molar-refractivity contribution is -0.00562. The van der Waals surface area contributed by atoms with Crippen molar-refractivity contribution >= 4 is 11.6 Å². The van der Waals surface area contributed by atoms with Gasteiger partial charge >= 0.3 is 0 Å². The third kappa shape index (κ3) is 14.2. The fourth-order valence-electron chi connectivity index (χ4n) is 1.33. The highest BCUT2D eigenvalue weighted by atomic mass is 35.5. The second kappa shape index (κ2) is 15.2. The molecule has 0 heterocycles. The molecule has 110 valence electrons. The lowest BCUT2D eigenvalue weighted by Gasteiger charge is -2.08. The molecular weight excluding hydrogens is 256 g/mol. The van der Waals surface area contributed by atoms with Gasteiger partial charge in [0.2, 0.25) is 0 Å². The van der Waals surface area contributed by atoms with E-state index in [9.17, 15) is 0 Å². The molecule has 0 saturated heterocycles. The Hall–Kier alpha value is 0.130. The third-order valence-corrected chi connectivity index (χ3v) is 2.73. The lowest BCUT2D eigenvalue weighted by Crippen LogP contribution is -2.19. The van der Waals surface area contributed by atoms with Crippen LogP contribution in [0.25, 0.3) is 0 Å². The standard InChI is InChI=1S/C13H27ClO4/c1-2-3-4-5-6-16-7-8-17-9-10-18-12-13(15)11-14/h13,15H,2-12H2,1H3/t13-/m1/s1. The van der Waals surface area contributed by atoms with E-state index in [0.717, 1.165) is 13.0 Å². The Morgan fingerprint density at radius 1 is 0.889 bits per heavy atom. The van der Waals surface area contributed by atoms with Crippen LogP contribution >= 0.6 is 11.6 Å². The summed E-state index contributed by atoms with van der Waals surface area (Å²) in [5.74, 6) is 0.201. The maximum absolute atomic E-state index is 9.10. The average Bonchev–Trinajstić information content (AvgIpc) is 2.39. The molecule has 0 aliphatic heterocycles. The zero-order chi connectivity index (χ0) is 13.5. The second-order valence-electron chi connectivity index (χ2n) is 4.17. The van der Waals surface area contributed by atoms with E-state index in [2.05, 4.69) is 6.92 Å². The average molecular weight is 283 g/mol. The molecule has 0 amide bonds. The first-order valence-electron chi connectivity index (χ1n) is 6.78. The summed E-state index contributed by atoms with van der Waals surface area (Å²) in [5.41, 5.74) is 0. The molecule has 0 spiro atoms. The van der Waals surface area contributed by atoms with Crippen LogP contribution in [0.4, 0.5) is 0 Å². The Kier molecular flexibility index (Phi) is 15.3. The SMILES string of the molecule is CCCCCCOCCOCCOC[C@H](O)CCl. The van der Waals surface area contributed by atoms with Gasteiger partial charge in [0, 0.05) is 6.61 Å². The number of aliphatic hydroxyl groups excluding tert-OH is 1. The molecule has 0 saturated carbocycles. The summed E-state index contributed by atoms with van der Waals surface area (Å²) in [4.78, 5) is 0. The van der Waals surface area contributed by atoms with Crippen LogP contribution < -0.4 is 0 Å². The molecule has 18 heavy (non-hydrogen) atoms. The number of halogens is 1. The van der Waals surface area contributed by atoms with Crippen LogP contribution in [-0.4, -0.2) is 56.7 Å². The first-order valence-corrected chi connectivity index (χ1v) is 7.32. The van der Waals surface area contributed by atoms with Gasteiger partial charge in [-0.15, -0.1) is 11.6 Å². The van der Waals surface area contributed by atoms with Crippen LogP contribution in [-0.2, 0) is 14.2 Å². The summed E-state index contributed by atoms with van der Waals surface area (Å²) in [7, 11) is 0. The van der Waals surface area contributed by atoms with Gasteiger partial charge in [0.15, 0.2) is 0 Å². The molecule has 0 aromatic heterocycles. The lowest BCUT2D eigenvalue weighted by atomic mass is 10.2. The molecule has 0 fully saturated rings. The van der Waals surface area contributed by atoms with Crippen molar-refractivity contribution in [2.75, 3.05) is 45.5 Å². The molecule has 0 aromatic rings. The molecule has 1 atom stereocenters. The van der Waals surface area contributed by atoms with Gasteiger partial charge in [-0.05, 0) is 6.42 Å². The van der Waals surface area contributed by atoms with Crippen LogP contribution in [0, 0.1) is 0 Å². The van der Waals surface area contributed by atoms with Crippen molar-refractivity contribution in [1.29, 1.82) is 0 Å². The Bertz CT molecular complexity index is 158. The maximum atomic E-state index is 9.10. The molecular formula is C13H27ClO4. The number of hydrogen-bond donors (Lipinski definition) is 1. The van der Waals surface area contributed by atoms with Gasteiger partial charge in [-0.3, -0.25) is 0 Å². The minimum atomic E-state index is -0.585. The van der Waals surface area contributed by atoms with Crippen LogP contribution in [0.1, 0.15) is 32.6 Å². The maximum Gasteiger partial charge on any atom is 0.0908 e. The number of alkyl halides is 1. The van der Waals surface area contributed by atoms with Gasteiger partial charge in [-0.25, -0.2) is 0 Å². The van der Waals surface area contributed by atoms with Crippen molar-refractivity contribution in [2.45, 2.75) is 38.7 Å². The fraction of sp³-hybridized carbons (Fsp3) is 1.00. The first kappa shape index (κ1) is 18.1. The fourth-order valence-corrected chi connectivity index (χ4v) is 1.42. The number of hydrogen-bond acceptors (Lipinski definition) is 4. The van der Waals surface area contributed by atoms with E-state index in [0.29, 0.717) is 26.4 Å². The topological polar surface area (TPSA) is 47.9 Å². The number of aliphatic hydroxyl groups is 1. The van der Waals surface area contributed by atoms with Crippen LogP contribution in [0.15, 0.2) is 0 Å². The second-order valence-corrected chi connectivity index (χ2v) is 4.48. The van der Waals surface area contributed by atoms with Gasteiger partial charge in [-0.1, -0.05) is 26.2 Å². The smallest absolute Gasteiger partial charge is 0.0908 e. The van der Waals surface area contributed by atoms with E-state index in [4.69, 9.17) is 30.9 Å². The van der Waals surface area contributed by atoms with E-state index in [1.54, 1.807) is 0 Å². The summed E-state index contributed by atoms with van der Waals surface area (Å²) in [5, 5.41) is 9.10. The van der Waals surface area contributed by atoms with E-state index in [1.807, 2.05) is 0 Å². The van der Waals surface area contributed by atoms with Crippen molar-refractivity contribution in [3.05, 3.63) is 0 Å². The van der Waals surface area contributed by atoms with E-state index >= 15 is 0 Å². The van der Waals surface area contributed by atoms with E-state index in [1.165, 1.54) is 19.3 Å². The minimum Gasteiger partial charge on any atom is -0.389 e. The van der Waals surface area contributed by atoms with Crippen molar-refractivity contribution in [3.63, 3.8) is 0 Å². The first-order chi connectivity index (χ1) is 8.81. The van der Waals surface area contributed by atoms with E-state index < -0.39 is 6.10 Å². The highest BCUT2D eigenvalue weighted by molar-refractivity contribution is 6.18. The molecule has 0 aliphatic rings. The number of rotatable bonds is 14. The Morgan fingerprint density at radius 3 is 2.11 bits per heavy atom. The normalized spacial score (nSPS) is 12.8. The molecule has 0 aliphatic carbocycles. The van der Waals surface area contributed by atoms with Crippen LogP contribution in [0.3, 0.4) is 0 Å². The Balaban J connectivity index is 2.94. The summed E-state index contributed by atoms with van der Waals surface area (Å²) >= 11 is 5.42. The molecule has 0 radical (unpaired) electrons. The van der Waals surface area contributed by atoms with Gasteiger partial charge in [0.1, 0.15) is 0 Å². The molecule has 0 aromatic carbocycles. The Morgan fingerprint density at radius 2 is 1.50 bits per heavy atom. The number of unbranched alkanes of at least 4 members (excludes halogenated alkanes) is 3. The molecule has 4 nitrogen and oxygen atoms in total. The van der Waals surface area contributed by atoms with Crippen molar-refractivity contribution < 1.29 is 19.3 Å². The number of ether oxygens (including phenoxy) is 3. The molecule has 0 unspecified atom stereocenters. The summed E-state index contributed by atoms with van der Waals surface area (Å²) in [6.07, 6.45) is 4.33. The van der Waals surface area contributed by atoms with Crippen LogP contribution in [0.2, 0.25) is 0 Å². The van der Waals surface area contributed by atoms with Gasteiger partial charge in [-0.2, -0.15) is 0 Å². The van der Waals surface area contributed by atoms with E-state index in [-0.39, 0.29) is 12.5 Å². The third-order valence-electron chi connectivity index (χ3n) is 2.37. The zero-order valence-electron chi connectivity index (χ0n) is 11.4. The summed E-state index contributed by atoms with van der Waals surface area (Å²) in [6, 6.07) is 0. The van der Waals surface area contributed by atoms with Crippen molar-refractivity contribution in [2.24, 2.45) is 0 Å². The van der Waals surface area contributed by atoms with Gasteiger partial charge < -0.3 is 19.3 Å². The monoisotopic (exact) mass is 282 g/mol. The predicted molar refractivity (Wildman–Crippen MR) is 73.3 cm³/mol. The highest BCUT2D eigenvalue weighted by Crippen LogP contribution is 1.98.